The first-order valence-electron chi connectivity index (χ1n) is 7.44. The van der Waals surface area contributed by atoms with Crippen molar-refractivity contribution in [1.82, 2.24) is 9.80 Å². The summed E-state index contributed by atoms with van der Waals surface area (Å²) in [5.74, 6) is 1.49. The number of rotatable bonds is 6. The van der Waals surface area contributed by atoms with Crippen LogP contribution in [0.25, 0.3) is 0 Å². The SMILES string of the molecule is CCCN1CCN(CC(CS)c2ccccc2)CC1. The molecule has 1 aliphatic heterocycles. The fourth-order valence-electron chi connectivity index (χ4n) is 2.82. The van der Waals surface area contributed by atoms with Crippen LogP contribution in [0.2, 0.25) is 0 Å². The summed E-state index contributed by atoms with van der Waals surface area (Å²) in [4.78, 5) is 5.18. The van der Waals surface area contributed by atoms with Gasteiger partial charge in [0.1, 0.15) is 0 Å². The van der Waals surface area contributed by atoms with Crippen LogP contribution in [0.3, 0.4) is 0 Å². The van der Waals surface area contributed by atoms with E-state index in [9.17, 15) is 0 Å². The van der Waals surface area contributed by atoms with Gasteiger partial charge in [-0.1, -0.05) is 37.3 Å². The summed E-state index contributed by atoms with van der Waals surface area (Å²) in [6, 6.07) is 10.8. The Kier molecular flexibility index (Phi) is 6.21. The highest BCUT2D eigenvalue weighted by atomic mass is 32.1. The van der Waals surface area contributed by atoms with Gasteiger partial charge in [0.2, 0.25) is 0 Å². The molecular formula is C16H26N2S. The van der Waals surface area contributed by atoms with Crippen molar-refractivity contribution in [2.24, 2.45) is 0 Å². The van der Waals surface area contributed by atoms with E-state index in [1.165, 1.54) is 44.7 Å². The van der Waals surface area contributed by atoms with Crippen LogP contribution >= 0.6 is 12.6 Å². The molecule has 0 bridgehead atoms. The first-order valence-corrected chi connectivity index (χ1v) is 8.07. The van der Waals surface area contributed by atoms with Gasteiger partial charge < -0.3 is 9.80 Å². The van der Waals surface area contributed by atoms with E-state index >= 15 is 0 Å². The molecule has 3 heteroatoms. The Labute approximate surface area is 123 Å². The van der Waals surface area contributed by atoms with Gasteiger partial charge in [-0.2, -0.15) is 12.6 Å². The Bertz CT molecular complexity index is 347. The van der Waals surface area contributed by atoms with E-state index < -0.39 is 0 Å². The third-order valence-corrected chi connectivity index (χ3v) is 4.42. The van der Waals surface area contributed by atoms with E-state index in [0.717, 1.165) is 12.3 Å². The minimum atomic E-state index is 0.558. The third-order valence-electron chi connectivity index (χ3n) is 3.97. The molecule has 1 aromatic rings. The molecule has 0 saturated carbocycles. The average Bonchev–Trinajstić information content (AvgIpc) is 2.48. The Morgan fingerprint density at radius 1 is 1.05 bits per heavy atom. The van der Waals surface area contributed by atoms with Crippen molar-refractivity contribution in [2.75, 3.05) is 45.0 Å². The number of hydrogen-bond donors (Lipinski definition) is 1. The Balaban J connectivity index is 1.84. The lowest BCUT2D eigenvalue weighted by atomic mass is 10.00. The molecule has 19 heavy (non-hydrogen) atoms. The van der Waals surface area contributed by atoms with Gasteiger partial charge in [0, 0.05) is 38.6 Å². The molecule has 2 nitrogen and oxygen atoms in total. The fraction of sp³-hybridized carbons (Fsp3) is 0.625. The zero-order chi connectivity index (χ0) is 13.5. The minimum Gasteiger partial charge on any atom is -0.301 e. The zero-order valence-corrected chi connectivity index (χ0v) is 12.9. The lowest BCUT2D eigenvalue weighted by molar-refractivity contribution is 0.128. The van der Waals surface area contributed by atoms with Gasteiger partial charge in [0.15, 0.2) is 0 Å². The Morgan fingerprint density at radius 3 is 2.26 bits per heavy atom. The summed E-state index contributed by atoms with van der Waals surface area (Å²) in [7, 11) is 0. The van der Waals surface area contributed by atoms with E-state index in [-0.39, 0.29) is 0 Å². The molecule has 1 aliphatic rings. The van der Waals surface area contributed by atoms with Crippen LogP contribution in [0.4, 0.5) is 0 Å². The molecule has 0 N–H and O–H groups in total. The summed E-state index contributed by atoms with van der Waals surface area (Å²) >= 11 is 4.54. The number of nitrogens with zero attached hydrogens (tertiary/aromatic N) is 2. The first-order chi connectivity index (χ1) is 9.33. The van der Waals surface area contributed by atoms with Crippen molar-refractivity contribution in [3.8, 4) is 0 Å². The smallest absolute Gasteiger partial charge is 0.0110 e. The molecule has 1 fully saturated rings. The fourth-order valence-corrected chi connectivity index (χ4v) is 3.14. The lowest BCUT2D eigenvalue weighted by Gasteiger charge is -2.36. The Morgan fingerprint density at radius 2 is 1.68 bits per heavy atom. The van der Waals surface area contributed by atoms with Crippen LogP contribution < -0.4 is 0 Å². The quantitative estimate of drug-likeness (QED) is 0.799. The van der Waals surface area contributed by atoms with Gasteiger partial charge in [-0.05, 0) is 24.3 Å². The predicted octanol–water partition coefficient (Wildman–Crippen LogP) is 2.73. The number of thiol groups is 1. The second kappa shape index (κ2) is 7.93. The highest BCUT2D eigenvalue weighted by Gasteiger charge is 2.19. The van der Waals surface area contributed by atoms with Crippen molar-refractivity contribution < 1.29 is 0 Å². The average molecular weight is 278 g/mol. The van der Waals surface area contributed by atoms with Crippen LogP contribution in [0.5, 0.6) is 0 Å². The molecule has 1 aromatic carbocycles. The standard InChI is InChI=1S/C16H26N2S/c1-2-8-17-9-11-18(12-10-17)13-16(14-19)15-6-4-3-5-7-15/h3-7,16,19H,2,8-14H2,1H3. The zero-order valence-electron chi connectivity index (χ0n) is 12.0. The molecule has 1 atom stereocenters. The second-order valence-electron chi connectivity index (χ2n) is 5.43. The predicted molar refractivity (Wildman–Crippen MR) is 86.2 cm³/mol. The van der Waals surface area contributed by atoms with E-state index in [1.807, 2.05) is 0 Å². The molecule has 0 aliphatic carbocycles. The van der Waals surface area contributed by atoms with E-state index in [1.54, 1.807) is 0 Å². The highest BCUT2D eigenvalue weighted by molar-refractivity contribution is 7.80. The molecule has 1 saturated heterocycles. The van der Waals surface area contributed by atoms with Gasteiger partial charge in [0.05, 0.1) is 0 Å². The summed E-state index contributed by atoms with van der Waals surface area (Å²) in [6.07, 6.45) is 1.27. The van der Waals surface area contributed by atoms with Crippen LogP contribution in [-0.2, 0) is 0 Å². The molecule has 0 aromatic heterocycles. The summed E-state index contributed by atoms with van der Waals surface area (Å²) in [5.41, 5.74) is 1.42. The third kappa shape index (κ3) is 4.51. The van der Waals surface area contributed by atoms with Crippen molar-refractivity contribution in [3.05, 3.63) is 35.9 Å². The van der Waals surface area contributed by atoms with Crippen molar-refractivity contribution in [2.45, 2.75) is 19.3 Å². The summed E-state index contributed by atoms with van der Waals surface area (Å²) < 4.78 is 0. The van der Waals surface area contributed by atoms with Gasteiger partial charge in [0.25, 0.3) is 0 Å². The highest BCUT2D eigenvalue weighted by Crippen LogP contribution is 2.19. The second-order valence-corrected chi connectivity index (χ2v) is 5.80. The molecule has 1 heterocycles. The maximum Gasteiger partial charge on any atom is 0.0110 e. The maximum absolute atomic E-state index is 4.54. The molecular weight excluding hydrogens is 252 g/mol. The van der Waals surface area contributed by atoms with Crippen LogP contribution in [0.1, 0.15) is 24.8 Å². The molecule has 2 rings (SSSR count). The number of benzene rings is 1. The first kappa shape index (κ1) is 14.9. The van der Waals surface area contributed by atoms with Crippen LogP contribution in [-0.4, -0.2) is 54.8 Å². The topological polar surface area (TPSA) is 6.48 Å². The van der Waals surface area contributed by atoms with Crippen molar-refractivity contribution >= 4 is 12.6 Å². The van der Waals surface area contributed by atoms with E-state index in [2.05, 4.69) is 59.7 Å². The normalized spacial score (nSPS) is 19.5. The van der Waals surface area contributed by atoms with Gasteiger partial charge in [-0.3, -0.25) is 0 Å². The largest absolute Gasteiger partial charge is 0.301 e. The maximum atomic E-state index is 4.54. The van der Waals surface area contributed by atoms with Crippen molar-refractivity contribution in [1.29, 1.82) is 0 Å². The Hall–Kier alpha value is -0.510. The summed E-state index contributed by atoms with van der Waals surface area (Å²) in [6.45, 7) is 9.52. The number of piperazine rings is 1. The molecule has 106 valence electrons. The molecule has 0 amide bonds. The lowest BCUT2D eigenvalue weighted by Crippen LogP contribution is -2.47. The minimum absolute atomic E-state index is 0.558. The van der Waals surface area contributed by atoms with E-state index in [0.29, 0.717) is 5.92 Å². The van der Waals surface area contributed by atoms with Crippen molar-refractivity contribution in [3.63, 3.8) is 0 Å². The summed E-state index contributed by atoms with van der Waals surface area (Å²) in [5, 5.41) is 0. The van der Waals surface area contributed by atoms with E-state index in [4.69, 9.17) is 0 Å². The van der Waals surface area contributed by atoms with Crippen LogP contribution in [0.15, 0.2) is 30.3 Å². The molecule has 1 unspecified atom stereocenters. The van der Waals surface area contributed by atoms with Crippen LogP contribution in [0, 0.1) is 0 Å². The molecule has 0 radical (unpaired) electrons. The monoisotopic (exact) mass is 278 g/mol. The van der Waals surface area contributed by atoms with Gasteiger partial charge in [-0.25, -0.2) is 0 Å². The molecule has 0 spiro atoms. The number of hydrogen-bond acceptors (Lipinski definition) is 3. The van der Waals surface area contributed by atoms with Gasteiger partial charge >= 0.3 is 0 Å². The van der Waals surface area contributed by atoms with Gasteiger partial charge in [-0.15, -0.1) is 0 Å².